The highest BCUT2D eigenvalue weighted by atomic mass is 16.5. The second-order valence-electron chi connectivity index (χ2n) is 10.5. The highest BCUT2D eigenvalue weighted by molar-refractivity contribution is 5.92. The van der Waals surface area contributed by atoms with Crippen LogP contribution in [0.15, 0.2) is 30.5 Å². The molecule has 1 amide bonds. The van der Waals surface area contributed by atoms with Crippen LogP contribution in [0.2, 0.25) is 0 Å². The lowest BCUT2D eigenvalue weighted by atomic mass is 9.87. The fourth-order valence-corrected chi connectivity index (χ4v) is 5.49. The Bertz CT molecular complexity index is 1410. The van der Waals surface area contributed by atoms with Crippen LogP contribution in [0.1, 0.15) is 55.5 Å². The van der Waals surface area contributed by atoms with Crippen LogP contribution in [0.4, 0.5) is 0 Å². The topological polar surface area (TPSA) is 78.8 Å². The van der Waals surface area contributed by atoms with Crippen molar-refractivity contribution < 1.29 is 9.53 Å². The van der Waals surface area contributed by atoms with Crippen molar-refractivity contribution in [3.8, 4) is 17.0 Å². The molecule has 4 heterocycles. The van der Waals surface area contributed by atoms with Gasteiger partial charge < -0.3 is 19.5 Å². The van der Waals surface area contributed by atoms with Crippen molar-refractivity contribution in [3.63, 3.8) is 0 Å². The number of piperidine rings is 1. The minimum atomic E-state index is 0.223. The van der Waals surface area contributed by atoms with Crippen LogP contribution in [0, 0.1) is 6.92 Å². The first-order chi connectivity index (χ1) is 17.2. The van der Waals surface area contributed by atoms with E-state index in [-0.39, 0.29) is 5.91 Å². The van der Waals surface area contributed by atoms with Crippen LogP contribution in [0.5, 0.6) is 5.75 Å². The number of H-pyrrole nitrogens is 1. The number of likely N-dealkylation sites (N-methyl/N-ethyl adjacent to an activating group) is 1. The van der Waals surface area contributed by atoms with Gasteiger partial charge in [-0.1, -0.05) is 19.9 Å². The summed E-state index contributed by atoms with van der Waals surface area (Å²) in [6.07, 6.45) is 4.02. The van der Waals surface area contributed by atoms with Gasteiger partial charge >= 0.3 is 0 Å². The van der Waals surface area contributed by atoms with Gasteiger partial charge in [0.05, 0.1) is 19.3 Å². The van der Waals surface area contributed by atoms with Crippen molar-refractivity contribution in [2.75, 3.05) is 40.8 Å². The van der Waals surface area contributed by atoms with Gasteiger partial charge in [-0.3, -0.25) is 4.79 Å². The quantitative estimate of drug-likeness (QED) is 0.430. The SMILES string of the molecule is COc1cc(-c2[nH]c3ccc(C4CCN(C(=O)CN(C)C)CC4)cc3c2C(C)C)cn2nc(C)nc12. The number of fused-ring (bicyclic) bond motifs is 2. The average Bonchev–Trinajstić information content (AvgIpc) is 3.42. The molecule has 0 atom stereocenters. The lowest BCUT2D eigenvalue weighted by Gasteiger charge is -2.33. The molecule has 3 aromatic heterocycles. The summed E-state index contributed by atoms with van der Waals surface area (Å²) in [6.45, 7) is 8.49. The van der Waals surface area contributed by atoms with Gasteiger partial charge in [0.15, 0.2) is 11.4 Å². The number of carbonyl (C=O) groups excluding carboxylic acids is 1. The Kier molecular flexibility index (Phi) is 6.47. The van der Waals surface area contributed by atoms with Crippen LogP contribution in [0.25, 0.3) is 27.8 Å². The molecule has 0 unspecified atom stereocenters. The van der Waals surface area contributed by atoms with Crippen molar-refractivity contribution in [1.29, 1.82) is 0 Å². The predicted octanol–water partition coefficient (Wildman–Crippen LogP) is 4.59. The van der Waals surface area contributed by atoms with Crippen molar-refractivity contribution in [2.45, 2.75) is 45.4 Å². The van der Waals surface area contributed by atoms with Gasteiger partial charge in [0.1, 0.15) is 5.82 Å². The molecule has 5 rings (SSSR count). The van der Waals surface area contributed by atoms with E-state index in [9.17, 15) is 4.79 Å². The average molecular weight is 489 g/mol. The number of aromatic amines is 1. The third-order valence-corrected chi connectivity index (χ3v) is 7.22. The summed E-state index contributed by atoms with van der Waals surface area (Å²) in [5.41, 5.74) is 6.62. The molecule has 0 saturated carbocycles. The van der Waals surface area contributed by atoms with Crippen LogP contribution in [-0.2, 0) is 4.79 Å². The third-order valence-electron chi connectivity index (χ3n) is 7.22. The van der Waals surface area contributed by atoms with E-state index in [1.165, 1.54) is 16.5 Å². The predicted molar refractivity (Wildman–Crippen MR) is 143 cm³/mol. The summed E-state index contributed by atoms with van der Waals surface area (Å²) in [5.74, 6) is 2.43. The number of hydrogen-bond donors (Lipinski definition) is 1. The molecule has 8 heteroatoms. The Morgan fingerprint density at radius 3 is 2.64 bits per heavy atom. The molecule has 36 heavy (non-hydrogen) atoms. The van der Waals surface area contributed by atoms with Gasteiger partial charge in [-0.2, -0.15) is 5.10 Å². The van der Waals surface area contributed by atoms with E-state index in [0.717, 1.165) is 48.4 Å². The zero-order valence-corrected chi connectivity index (χ0v) is 22.1. The van der Waals surface area contributed by atoms with Crippen molar-refractivity contribution in [1.82, 2.24) is 29.4 Å². The Balaban J connectivity index is 1.49. The van der Waals surface area contributed by atoms with Crippen molar-refractivity contribution in [3.05, 3.63) is 47.4 Å². The molecule has 0 radical (unpaired) electrons. The highest BCUT2D eigenvalue weighted by Crippen LogP contribution is 2.39. The van der Waals surface area contributed by atoms with Crippen molar-refractivity contribution in [2.24, 2.45) is 0 Å². The minimum Gasteiger partial charge on any atom is -0.493 e. The largest absolute Gasteiger partial charge is 0.493 e. The fourth-order valence-electron chi connectivity index (χ4n) is 5.49. The number of carbonyl (C=O) groups is 1. The highest BCUT2D eigenvalue weighted by Gasteiger charge is 2.25. The maximum absolute atomic E-state index is 12.5. The van der Waals surface area contributed by atoms with Gasteiger partial charge in [0.25, 0.3) is 0 Å². The molecule has 1 aliphatic rings. The van der Waals surface area contributed by atoms with E-state index in [1.807, 2.05) is 43.1 Å². The molecule has 1 fully saturated rings. The van der Waals surface area contributed by atoms with Gasteiger partial charge in [-0.05, 0) is 75.0 Å². The number of pyridine rings is 1. The minimum absolute atomic E-state index is 0.223. The number of likely N-dealkylation sites (tertiary alicyclic amines) is 1. The van der Waals surface area contributed by atoms with Crippen molar-refractivity contribution >= 4 is 22.5 Å². The molecule has 1 N–H and O–H groups in total. The molecule has 0 spiro atoms. The van der Waals surface area contributed by atoms with Crippen LogP contribution < -0.4 is 4.74 Å². The van der Waals surface area contributed by atoms with E-state index in [2.05, 4.69) is 47.1 Å². The molecular weight excluding hydrogens is 452 g/mol. The van der Waals surface area contributed by atoms with E-state index in [4.69, 9.17) is 4.74 Å². The van der Waals surface area contributed by atoms with Gasteiger partial charge in [-0.15, -0.1) is 0 Å². The third kappa shape index (κ3) is 4.46. The number of benzene rings is 1. The molecule has 1 aliphatic heterocycles. The van der Waals surface area contributed by atoms with Gasteiger partial charge in [0.2, 0.25) is 5.91 Å². The normalized spacial score (nSPS) is 15.1. The molecule has 0 aliphatic carbocycles. The molecule has 8 nitrogen and oxygen atoms in total. The van der Waals surface area contributed by atoms with Gasteiger partial charge in [-0.25, -0.2) is 9.50 Å². The van der Waals surface area contributed by atoms with Crippen LogP contribution in [-0.4, -0.2) is 76.1 Å². The fraction of sp³-hybridized carbons (Fsp3) is 0.464. The molecule has 4 aromatic rings. The maximum Gasteiger partial charge on any atom is 0.236 e. The number of methoxy groups -OCH3 is 1. The van der Waals surface area contributed by atoms with E-state index >= 15 is 0 Å². The zero-order valence-electron chi connectivity index (χ0n) is 22.1. The number of nitrogens with one attached hydrogen (secondary N) is 1. The first kappa shape index (κ1) is 24.3. The Morgan fingerprint density at radius 1 is 1.22 bits per heavy atom. The summed E-state index contributed by atoms with van der Waals surface area (Å²) in [7, 11) is 5.56. The molecule has 1 aromatic carbocycles. The Morgan fingerprint density at radius 2 is 1.97 bits per heavy atom. The molecule has 190 valence electrons. The number of aryl methyl sites for hydroxylation is 1. The summed E-state index contributed by atoms with van der Waals surface area (Å²) >= 11 is 0. The number of rotatable bonds is 6. The van der Waals surface area contributed by atoms with E-state index in [1.54, 1.807) is 11.6 Å². The first-order valence-corrected chi connectivity index (χ1v) is 12.7. The summed E-state index contributed by atoms with van der Waals surface area (Å²) in [4.78, 5) is 24.6. The molecule has 1 saturated heterocycles. The number of nitrogens with zero attached hydrogens (tertiary/aromatic N) is 5. The summed E-state index contributed by atoms with van der Waals surface area (Å²) in [5, 5.41) is 5.79. The Hall–Kier alpha value is -3.39. The lowest BCUT2D eigenvalue weighted by molar-refractivity contribution is -0.132. The number of aromatic nitrogens is 4. The van der Waals surface area contributed by atoms with Crippen LogP contribution >= 0.6 is 0 Å². The smallest absolute Gasteiger partial charge is 0.236 e. The summed E-state index contributed by atoms with van der Waals surface area (Å²) < 4.78 is 7.46. The first-order valence-electron chi connectivity index (χ1n) is 12.7. The number of ether oxygens (including phenoxy) is 1. The summed E-state index contributed by atoms with van der Waals surface area (Å²) in [6, 6.07) is 8.86. The molecule has 0 bridgehead atoms. The second kappa shape index (κ2) is 9.58. The van der Waals surface area contributed by atoms with Crippen LogP contribution in [0.3, 0.4) is 0 Å². The van der Waals surface area contributed by atoms with E-state index < -0.39 is 0 Å². The number of amides is 1. The monoisotopic (exact) mass is 488 g/mol. The number of hydrogen-bond acceptors (Lipinski definition) is 5. The zero-order chi connectivity index (χ0) is 25.6. The maximum atomic E-state index is 12.5. The lowest BCUT2D eigenvalue weighted by Crippen LogP contribution is -2.42. The molecular formula is C28H36N6O2. The Labute approximate surface area is 212 Å². The standard InChI is InChI=1S/C28H36N6O2/c1-17(2)26-22-13-20(19-9-11-33(12-10-19)25(35)16-32(4)5)7-8-23(22)30-27(26)21-14-24(36-6)28-29-18(3)31-34(28)15-21/h7-8,13-15,17,19,30H,9-12,16H2,1-6H3. The van der Waals surface area contributed by atoms with E-state index in [0.29, 0.717) is 30.0 Å². The second-order valence-corrected chi connectivity index (χ2v) is 10.5. The van der Waals surface area contributed by atoms with Gasteiger partial charge in [0, 0.05) is 35.8 Å².